The highest BCUT2D eigenvalue weighted by atomic mass is 35.5. The van der Waals surface area contributed by atoms with Crippen molar-refractivity contribution in [3.05, 3.63) is 56.6 Å². The first kappa shape index (κ1) is 16.3. The summed E-state index contributed by atoms with van der Waals surface area (Å²) in [5.74, 6) is -0.407. The maximum atomic E-state index is 12.7. The van der Waals surface area contributed by atoms with Gasteiger partial charge in [0.15, 0.2) is 0 Å². The lowest BCUT2D eigenvalue weighted by atomic mass is 10.2. The smallest absolute Gasteiger partial charge is 0.268 e. The topological polar surface area (TPSA) is 37.4 Å². The number of hydrogen-bond donors (Lipinski definition) is 0. The fourth-order valence-electron chi connectivity index (χ4n) is 2.33. The molecule has 0 atom stereocenters. The Kier molecular flexibility index (Phi) is 4.90. The Balaban J connectivity index is 2.02. The molecular weight excluding hydrogens is 350 g/mol. The largest absolute Gasteiger partial charge is 0.274 e. The first-order chi connectivity index (χ1) is 11.1. The molecule has 2 aromatic rings. The molecule has 23 heavy (non-hydrogen) atoms. The Labute approximate surface area is 147 Å². The van der Waals surface area contributed by atoms with Crippen LogP contribution in [-0.2, 0) is 9.59 Å². The highest BCUT2D eigenvalue weighted by Gasteiger charge is 2.39. The molecule has 6 heteroatoms. The Bertz CT molecular complexity index is 766. The normalized spacial score (nSPS) is 15.0. The van der Waals surface area contributed by atoms with Gasteiger partial charge in [-0.3, -0.25) is 14.5 Å². The summed E-state index contributed by atoms with van der Waals surface area (Å²) in [6.07, 6.45) is 0.744. The van der Waals surface area contributed by atoms with Gasteiger partial charge in [0.2, 0.25) is 0 Å². The lowest BCUT2D eigenvalue weighted by Crippen LogP contribution is -2.32. The van der Waals surface area contributed by atoms with E-state index in [9.17, 15) is 9.59 Å². The summed E-state index contributed by atoms with van der Waals surface area (Å²) in [6, 6.07) is 11.0. The van der Waals surface area contributed by atoms with Crippen LogP contribution < -0.4 is 0 Å². The van der Waals surface area contributed by atoms with E-state index in [4.69, 9.17) is 11.6 Å². The molecule has 0 bridgehead atoms. The number of rotatable bonds is 5. The number of carbonyl (C=O) groups excluding carboxylic acids is 2. The number of benzene rings is 1. The lowest BCUT2D eigenvalue weighted by Gasteiger charge is -2.13. The third-order valence-electron chi connectivity index (χ3n) is 3.37. The average Bonchev–Trinajstić information content (AvgIpc) is 3.13. The quantitative estimate of drug-likeness (QED) is 0.723. The molecule has 1 aromatic carbocycles. The Hall–Kier alpha value is -1.56. The van der Waals surface area contributed by atoms with Crippen LogP contribution in [0.1, 0.15) is 18.2 Å². The molecule has 0 fully saturated rings. The molecule has 0 aliphatic carbocycles. The van der Waals surface area contributed by atoms with Crippen LogP contribution in [0.25, 0.3) is 5.57 Å². The fraction of sp³-hybridized carbons (Fsp3) is 0.176. The fourth-order valence-corrected chi connectivity index (χ4v) is 4.30. The van der Waals surface area contributed by atoms with Gasteiger partial charge in [0.1, 0.15) is 0 Å². The van der Waals surface area contributed by atoms with Crippen molar-refractivity contribution in [1.82, 2.24) is 4.90 Å². The molecule has 0 unspecified atom stereocenters. The van der Waals surface area contributed by atoms with Crippen molar-refractivity contribution in [2.75, 3.05) is 6.54 Å². The van der Waals surface area contributed by atoms with E-state index in [1.807, 2.05) is 36.6 Å². The van der Waals surface area contributed by atoms with Crippen LogP contribution >= 0.6 is 34.7 Å². The Morgan fingerprint density at radius 1 is 1.13 bits per heavy atom. The Morgan fingerprint density at radius 3 is 2.48 bits per heavy atom. The molecule has 0 spiro atoms. The van der Waals surface area contributed by atoms with E-state index in [0.29, 0.717) is 22.0 Å². The minimum Gasteiger partial charge on any atom is -0.274 e. The average molecular weight is 364 g/mol. The van der Waals surface area contributed by atoms with Crippen LogP contribution in [0.5, 0.6) is 0 Å². The van der Waals surface area contributed by atoms with Crippen molar-refractivity contribution in [3.63, 3.8) is 0 Å². The zero-order valence-corrected chi connectivity index (χ0v) is 14.8. The molecule has 1 aliphatic rings. The first-order valence-electron chi connectivity index (χ1n) is 7.19. The van der Waals surface area contributed by atoms with E-state index < -0.39 is 0 Å². The number of nitrogens with zero attached hydrogens (tertiary/aromatic N) is 1. The van der Waals surface area contributed by atoms with Gasteiger partial charge in [-0.05, 0) is 42.1 Å². The van der Waals surface area contributed by atoms with Gasteiger partial charge in [0.05, 0.1) is 10.5 Å². The highest BCUT2D eigenvalue weighted by Crippen LogP contribution is 2.41. The van der Waals surface area contributed by atoms with Gasteiger partial charge in [-0.15, -0.1) is 11.3 Å². The number of hydrogen-bond acceptors (Lipinski definition) is 4. The van der Waals surface area contributed by atoms with Crippen molar-refractivity contribution in [2.24, 2.45) is 0 Å². The van der Waals surface area contributed by atoms with Crippen LogP contribution in [-0.4, -0.2) is 23.3 Å². The second-order valence-electron chi connectivity index (χ2n) is 5.00. The molecule has 0 N–H and O–H groups in total. The van der Waals surface area contributed by atoms with E-state index >= 15 is 0 Å². The van der Waals surface area contributed by atoms with Gasteiger partial charge in [0, 0.05) is 21.3 Å². The third kappa shape index (κ3) is 3.22. The van der Waals surface area contributed by atoms with Gasteiger partial charge >= 0.3 is 0 Å². The summed E-state index contributed by atoms with van der Waals surface area (Å²) in [5.41, 5.74) is 0.512. The molecule has 0 radical (unpaired) electrons. The highest BCUT2D eigenvalue weighted by molar-refractivity contribution is 8.04. The molecule has 1 aromatic heterocycles. The SMILES string of the molecule is CCCN1C(=O)C(Sc2ccc(Cl)cc2)=C(c2cccs2)C1=O. The predicted octanol–water partition coefficient (Wildman–Crippen LogP) is 4.68. The summed E-state index contributed by atoms with van der Waals surface area (Å²) < 4.78 is 0. The van der Waals surface area contributed by atoms with Crippen molar-refractivity contribution in [3.8, 4) is 0 Å². The molecule has 3 rings (SSSR count). The van der Waals surface area contributed by atoms with Crippen molar-refractivity contribution in [2.45, 2.75) is 18.2 Å². The molecule has 3 nitrogen and oxygen atoms in total. The van der Waals surface area contributed by atoms with Crippen LogP contribution in [0.2, 0.25) is 5.02 Å². The number of amides is 2. The monoisotopic (exact) mass is 363 g/mol. The molecule has 2 amide bonds. The summed E-state index contributed by atoms with van der Waals surface area (Å²) in [4.78, 5) is 28.9. The number of imide groups is 1. The van der Waals surface area contributed by atoms with Crippen LogP contribution in [0.3, 0.4) is 0 Å². The van der Waals surface area contributed by atoms with E-state index in [2.05, 4.69) is 0 Å². The van der Waals surface area contributed by atoms with Gasteiger partial charge < -0.3 is 0 Å². The van der Waals surface area contributed by atoms with Crippen molar-refractivity contribution >= 4 is 52.1 Å². The first-order valence-corrected chi connectivity index (χ1v) is 9.27. The summed E-state index contributed by atoms with van der Waals surface area (Å²) in [5, 5.41) is 2.55. The standard InChI is InChI=1S/C17H14ClNO2S2/c1-2-9-19-16(20)14(13-4-3-10-22-13)15(17(19)21)23-12-7-5-11(18)6-8-12/h3-8,10H,2,9H2,1H3. The molecule has 2 heterocycles. The van der Waals surface area contributed by atoms with E-state index in [0.717, 1.165) is 16.2 Å². The zero-order chi connectivity index (χ0) is 16.4. The minimum absolute atomic E-state index is 0.198. The second-order valence-corrected chi connectivity index (χ2v) is 7.47. The maximum absolute atomic E-state index is 12.7. The minimum atomic E-state index is -0.208. The number of halogens is 1. The molecule has 0 saturated carbocycles. The van der Waals surface area contributed by atoms with E-state index in [1.165, 1.54) is 28.0 Å². The van der Waals surface area contributed by atoms with Gasteiger partial charge in [-0.1, -0.05) is 36.4 Å². The summed E-state index contributed by atoms with van der Waals surface area (Å²) >= 11 is 8.70. The molecular formula is C17H14ClNO2S2. The summed E-state index contributed by atoms with van der Waals surface area (Å²) in [6.45, 7) is 2.40. The van der Waals surface area contributed by atoms with Crippen molar-refractivity contribution < 1.29 is 9.59 Å². The number of thiophene rings is 1. The van der Waals surface area contributed by atoms with Gasteiger partial charge in [0.25, 0.3) is 11.8 Å². The lowest BCUT2D eigenvalue weighted by molar-refractivity contribution is -0.136. The zero-order valence-electron chi connectivity index (χ0n) is 12.4. The Morgan fingerprint density at radius 2 is 1.87 bits per heavy atom. The maximum Gasteiger partial charge on any atom is 0.268 e. The predicted molar refractivity (Wildman–Crippen MR) is 95.6 cm³/mol. The number of carbonyl (C=O) groups is 2. The van der Waals surface area contributed by atoms with Crippen LogP contribution in [0.4, 0.5) is 0 Å². The van der Waals surface area contributed by atoms with E-state index in [-0.39, 0.29) is 11.8 Å². The molecule has 1 aliphatic heterocycles. The van der Waals surface area contributed by atoms with Crippen LogP contribution in [0, 0.1) is 0 Å². The molecule has 0 saturated heterocycles. The van der Waals surface area contributed by atoms with Crippen molar-refractivity contribution in [1.29, 1.82) is 0 Å². The summed E-state index contributed by atoms with van der Waals surface area (Å²) in [7, 11) is 0. The van der Waals surface area contributed by atoms with E-state index in [1.54, 1.807) is 12.1 Å². The molecule has 118 valence electrons. The third-order valence-corrected chi connectivity index (χ3v) is 5.60. The van der Waals surface area contributed by atoms with Gasteiger partial charge in [-0.25, -0.2) is 0 Å². The number of thioether (sulfide) groups is 1. The van der Waals surface area contributed by atoms with Gasteiger partial charge in [-0.2, -0.15) is 0 Å². The second kappa shape index (κ2) is 6.91. The van der Waals surface area contributed by atoms with Crippen LogP contribution in [0.15, 0.2) is 51.6 Å².